The van der Waals surface area contributed by atoms with E-state index in [0.29, 0.717) is 17.1 Å². The molecule has 0 atom stereocenters. The van der Waals surface area contributed by atoms with Crippen LogP contribution in [-0.4, -0.2) is 44.6 Å². The minimum atomic E-state index is -0.750. The van der Waals surface area contributed by atoms with Gasteiger partial charge in [0.15, 0.2) is 6.61 Å². The van der Waals surface area contributed by atoms with Crippen LogP contribution in [0.3, 0.4) is 0 Å². The Bertz CT molecular complexity index is 969. The fourth-order valence-electron chi connectivity index (χ4n) is 2.28. The van der Waals surface area contributed by atoms with Gasteiger partial charge in [0, 0.05) is 6.08 Å². The van der Waals surface area contributed by atoms with Crippen molar-refractivity contribution in [2.24, 2.45) is 0 Å². The summed E-state index contributed by atoms with van der Waals surface area (Å²) in [6, 6.07) is 3.42. The molecule has 2 aromatic rings. The lowest BCUT2D eigenvalue weighted by Crippen LogP contribution is -2.21. The van der Waals surface area contributed by atoms with Crippen LogP contribution < -0.4 is 5.32 Å². The topological polar surface area (TPSA) is 121 Å². The second-order valence-electron chi connectivity index (χ2n) is 5.68. The van der Waals surface area contributed by atoms with Gasteiger partial charge in [0.05, 0.1) is 19.8 Å². The lowest BCUT2D eigenvalue weighted by atomic mass is 10.1. The summed E-state index contributed by atoms with van der Waals surface area (Å²) in [5.74, 6) is -1.66. The average Bonchev–Trinajstić information content (AvgIpc) is 3.26. The normalized spacial score (nSPS) is 10.6. The highest BCUT2D eigenvalue weighted by Gasteiger charge is 2.26. The van der Waals surface area contributed by atoms with Crippen LogP contribution in [0.5, 0.6) is 0 Å². The Morgan fingerprint density at radius 3 is 2.38 bits per heavy atom. The van der Waals surface area contributed by atoms with Crippen molar-refractivity contribution in [1.82, 2.24) is 0 Å². The van der Waals surface area contributed by atoms with Crippen LogP contribution in [-0.2, 0) is 23.8 Å². The molecule has 0 radical (unpaired) electrons. The van der Waals surface area contributed by atoms with Crippen LogP contribution in [0.4, 0.5) is 5.00 Å². The van der Waals surface area contributed by atoms with E-state index in [1.807, 2.05) is 0 Å². The molecule has 154 valence electrons. The zero-order valence-corrected chi connectivity index (χ0v) is 17.0. The van der Waals surface area contributed by atoms with Crippen LogP contribution in [0, 0.1) is 13.8 Å². The van der Waals surface area contributed by atoms with E-state index < -0.39 is 30.4 Å². The first kappa shape index (κ1) is 21.9. The number of amides is 1. The van der Waals surface area contributed by atoms with E-state index in [-0.39, 0.29) is 15.4 Å². The number of aryl methyl sites for hydroxylation is 1. The molecule has 0 fully saturated rings. The molecule has 0 aliphatic heterocycles. The molecule has 9 nitrogen and oxygen atoms in total. The molecule has 0 aliphatic rings. The van der Waals surface area contributed by atoms with E-state index >= 15 is 0 Å². The number of esters is 3. The number of hydrogen-bond donors (Lipinski definition) is 1. The van der Waals surface area contributed by atoms with Gasteiger partial charge in [0.25, 0.3) is 5.91 Å². The maximum atomic E-state index is 12.1. The predicted molar refractivity (Wildman–Crippen MR) is 104 cm³/mol. The summed E-state index contributed by atoms with van der Waals surface area (Å²) < 4.78 is 19.5. The zero-order chi connectivity index (χ0) is 21.6. The first-order valence-electron chi connectivity index (χ1n) is 8.28. The SMILES string of the molecule is COC(=O)c1sc(NC(=O)COC(=O)/C=C/c2ccc(C)o2)c(C(=O)OC)c1C. The number of carbonyl (C=O) groups is 4. The van der Waals surface area contributed by atoms with Crippen LogP contribution in [0.15, 0.2) is 22.6 Å². The number of nitrogens with one attached hydrogen (secondary N) is 1. The van der Waals surface area contributed by atoms with Gasteiger partial charge < -0.3 is 23.9 Å². The van der Waals surface area contributed by atoms with Crippen molar-refractivity contribution < 1.29 is 37.8 Å². The third kappa shape index (κ3) is 5.55. The summed E-state index contributed by atoms with van der Waals surface area (Å²) in [6.45, 7) is 2.71. The van der Waals surface area contributed by atoms with Crippen molar-refractivity contribution in [3.05, 3.63) is 45.7 Å². The van der Waals surface area contributed by atoms with E-state index in [4.69, 9.17) is 13.9 Å². The number of rotatable bonds is 7. The molecule has 2 heterocycles. The van der Waals surface area contributed by atoms with Gasteiger partial charge in [-0.3, -0.25) is 4.79 Å². The molecule has 2 rings (SSSR count). The average molecular weight is 421 g/mol. The Balaban J connectivity index is 2.04. The van der Waals surface area contributed by atoms with E-state index in [2.05, 4.69) is 10.1 Å². The molecule has 1 N–H and O–H groups in total. The molecule has 0 saturated heterocycles. The molecular weight excluding hydrogens is 402 g/mol. The molecule has 2 aromatic heterocycles. The number of furan rings is 1. The smallest absolute Gasteiger partial charge is 0.348 e. The Labute approximate surface area is 170 Å². The van der Waals surface area contributed by atoms with Gasteiger partial charge in [-0.25, -0.2) is 14.4 Å². The molecule has 0 unspecified atom stereocenters. The van der Waals surface area contributed by atoms with Crippen molar-refractivity contribution in [3.8, 4) is 0 Å². The number of carbonyl (C=O) groups excluding carboxylic acids is 4. The first-order valence-corrected chi connectivity index (χ1v) is 9.09. The molecule has 0 bridgehead atoms. The van der Waals surface area contributed by atoms with Crippen molar-refractivity contribution in [2.75, 3.05) is 26.1 Å². The molecule has 1 amide bonds. The van der Waals surface area contributed by atoms with Crippen LogP contribution in [0.25, 0.3) is 6.08 Å². The summed E-state index contributed by atoms with van der Waals surface area (Å²) in [5.41, 5.74) is 0.350. The second kappa shape index (κ2) is 9.69. The highest BCUT2D eigenvalue weighted by Crippen LogP contribution is 2.34. The number of hydrogen-bond acceptors (Lipinski definition) is 9. The minimum absolute atomic E-state index is 0.0330. The lowest BCUT2D eigenvalue weighted by molar-refractivity contribution is -0.142. The van der Waals surface area contributed by atoms with E-state index in [1.54, 1.807) is 19.1 Å². The van der Waals surface area contributed by atoms with Crippen LogP contribution in [0.2, 0.25) is 0 Å². The largest absolute Gasteiger partial charge is 0.465 e. The Morgan fingerprint density at radius 1 is 1.10 bits per heavy atom. The molecule has 0 aromatic carbocycles. The van der Waals surface area contributed by atoms with Gasteiger partial charge in [-0.2, -0.15) is 0 Å². The van der Waals surface area contributed by atoms with E-state index in [9.17, 15) is 19.2 Å². The summed E-state index contributed by atoms with van der Waals surface area (Å²) in [6.07, 6.45) is 2.53. The van der Waals surface area contributed by atoms with E-state index in [0.717, 1.165) is 17.4 Å². The number of anilines is 1. The Morgan fingerprint density at radius 2 is 1.79 bits per heavy atom. The number of methoxy groups -OCH3 is 2. The van der Waals surface area contributed by atoms with Crippen LogP contribution >= 0.6 is 11.3 Å². The predicted octanol–water partition coefficient (Wildman–Crippen LogP) is 2.73. The van der Waals surface area contributed by atoms with Gasteiger partial charge in [0.2, 0.25) is 0 Å². The Kier molecular flexibility index (Phi) is 7.32. The highest BCUT2D eigenvalue weighted by molar-refractivity contribution is 7.18. The molecule has 0 spiro atoms. The first-order chi connectivity index (χ1) is 13.8. The summed E-state index contributed by atoms with van der Waals surface area (Å²) in [4.78, 5) is 47.9. The quantitative estimate of drug-likeness (QED) is 0.411. The maximum Gasteiger partial charge on any atom is 0.348 e. The lowest BCUT2D eigenvalue weighted by Gasteiger charge is -2.06. The van der Waals surface area contributed by atoms with Crippen molar-refractivity contribution in [2.45, 2.75) is 13.8 Å². The standard InChI is InChI=1S/C19H19NO8S/c1-10-5-6-12(28-10)7-8-14(22)27-9-13(21)20-17-15(18(23)25-3)11(2)16(29-17)19(24)26-4/h5-8H,9H2,1-4H3,(H,20,21)/b8-7+. The van der Waals surface area contributed by atoms with Gasteiger partial charge in [-0.05, 0) is 37.6 Å². The van der Waals surface area contributed by atoms with Crippen molar-refractivity contribution >= 4 is 46.2 Å². The summed E-state index contributed by atoms with van der Waals surface area (Å²) in [7, 11) is 2.38. The number of thiophene rings is 1. The minimum Gasteiger partial charge on any atom is -0.465 e. The zero-order valence-electron chi connectivity index (χ0n) is 16.2. The third-order valence-corrected chi connectivity index (χ3v) is 4.84. The molecule has 29 heavy (non-hydrogen) atoms. The summed E-state index contributed by atoms with van der Waals surface area (Å²) in [5, 5.41) is 2.54. The van der Waals surface area contributed by atoms with Crippen molar-refractivity contribution in [1.29, 1.82) is 0 Å². The third-order valence-electron chi connectivity index (χ3n) is 3.65. The maximum absolute atomic E-state index is 12.1. The second-order valence-corrected chi connectivity index (χ2v) is 6.70. The molecule has 0 aliphatic carbocycles. The van der Waals surface area contributed by atoms with Gasteiger partial charge in [-0.1, -0.05) is 0 Å². The van der Waals surface area contributed by atoms with Gasteiger partial charge >= 0.3 is 17.9 Å². The highest BCUT2D eigenvalue weighted by atomic mass is 32.1. The molecule has 0 saturated carbocycles. The Hall–Kier alpha value is -3.40. The molecule has 10 heteroatoms. The van der Waals surface area contributed by atoms with Gasteiger partial charge in [0.1, 0.15) is 21.4 Å². The van der Waals surface area contributed by atoms with Crippen molar-refractivity contribution in [3.63, 3.8) is 0 Å². The van der Waals surface area contributed by atoms with Crippen LogP contribution in [0.1, 0.15) is 37.1 Å². The van der Waals surface area contributed by atoms with E-state index in [1.165, 1.54) is 27.2 Å². The van der Waals surface area contributed by atoms with Gasteiger partial charge in [-0.15, -0.1) is 11.3 Å². The monoisotopic (exact) mass is 421 g/mol. The fraction of sp³-hybridized carbons (Fsp3) is 0.263. The number of ether oxygens (including phenoxy) is 3. The summed E-state index contributed by atoms with van der Waals surface area (Å²) >= 11 is 0.861. The fourth-order valence-corrected chi connectivity index (χ4v) is 3.41. The molecular formula is C19H19NO8S.